The van der Waals surface area contributed by atoms with Gasteiger partial charge in [-0.1, -0.05) is 6.92 Å². The number of ether oxygens (including phenoxy) is 1. The van der Waals surface area contributed by atoms with Crippen LogP contribution in [0.4, 0.5) is 0 Å². The summed E-state index contributed by atoms with van der Waals surface area (Å²) in [5.74, 6) is 1.48. The van der Waals surface area contributed by atoms with Gasteiger partial charge >= 0.3 is 0 Å². The van der Waals surface area contributed by atoms with Crippen molar-refractivity contribution in [1.29, 1.82) is 0 Å². The van der Waals surface area contributed by atoms with E-state index in [0.717, 1.165) is 36.0 Å². The van der Waals surface area contributed by atoms with E-state index < -0.39 is 0 Å². The van der Waals surface area contributed by atoms with E-state index in [1.54, 1.807) is 4.52 Å². The van der Waals surface area contributed by atoms with E-state index in [0.29, 0.717) is 0 Å². The van der Waals surface area contributed by atoms with Gasteiger partial charge in [-0.05, 0) is 25.2 Å². The van der Waals surface area contributed by atoms with E-state index in [9.17, 15) is 0 Å². The van der Waals surface area contributed by atoms with Gasteiger partial charge in [0.25, 0.3) is 0 Å². The number of nitrogens with zero attached hydrogens (tertiary/aromatic N) is 3. The fraction of sp³-hybridized carbons (Fsp3) is 0.500. The largest absolute Gasteiger partial charge is 0.477 e. The topological polar surface area (TPSA) is 39.4 Å². The van der Waals surface area contributed by atoms with Gasteiger partial charge in [-0.25, -0.2) is 4.52 Å². The van der Waals surface area contributed by atoms with Crippen LogP contribution in [0, 0.1) is 5.92 Å². The summed E-state index contributed by atoms with van der Waals surface area (Å²) in [5, 5.41) is 4.24. The first-order valence-corrected chi connectivity index (χ1v) is 5.83. The van der Waals surface area contributed by atoms with Gasteiger partial charge in [0.1, 0.15) is 0 Å². The van der Waals surface area contributed by atoms with Crippen molar-refractivity contribution in [3.8, 4) is 5.88 Å². The van der Waals surface area contributed by atoms with Crippen LogP contribution in [0.2, 0.25) is 0 Å². The Balaban J connectivity index is 1.87. The maximum atomic E-state index is 5.65. The van der Waals surface area contributed by atoms with Crippen LogP contribution in [0.1, 0.15) is 25.3 Å². The van der Waals surface area contributed by atoms with Crippen LogP contribution < -0.4 is 4.74 Å². The van der Waals surface area contributed by atoms with E-state index >= 15 is 0 Å². The van der Waals surface area contributed by atoms with Crippen LogP contribution in [-0.2, 0) is 6.42 Å². The van der Waals surface area contributed by atoms with Gasteiger partial charge in [0.2, 0.25) is 5.88 Å². The first kappa shape index (κ1) is 9.63. The second-order valence-corrected chi connectivity index (χ2v) is 4.31. The Bertz CT molecular complexity index is 502. The minimum Gasteiger partial charge on any atom is -0.477 e. The monoisotopic (exact) mass is 217 g/mol. The SMILES string of the molecule is CCc1cnn2ccc(OCC3CC3)nc12. The Kier molecular flexibility index (Phi) is 2.27. The summed E-state index contributed by atoms with van der Waals surface area (Å²) in [6, 6.07) is 1.88. The van der Waals surface area contributed by atoms with Crippen molar-refractivity contribution < 1.29 is 4.74 Å². The smallest absolute Gasteiger partial charge is 0.216 e. The van der Waals surface area contributed by atoms with Gasteiger partial charge in [0, 0.05) is 17.8 Å². The summed E-state index contributed by atoms with van der Waals surface area (Å²) in [6.45, 7) is 2.91. The van der Waals surface area contributed by atoms with Gasteiger partial charge in [0.05, 0.1) is 12.8 Å². The maximum Gasteiger partial charge on any atom is 0.216 e. The number of hydrogen-bond donors (Lipinski definition) is 0. The minimum absolute atomic E-state index is 0.717. The van der Waals surface area contributed by atoms with Crippen molar-refractivity contribution in [3.05, 3.63) is 24.0 Å². The third-order valence-electron chi connectivity index (χ3n) is 2.96. The third-order valence-corrected chi connectivity index (χ3v) is 2.96. The van der Waals surface area contributed by atoms with E-state index in [4.69, 9.17) is 4.74 Å². The van der Waals surface area contributed by atoms with Gasteiger partial charge < -0.3 is 4.74 Å². The molecule has 1 aliphatic carbocycles. The minimum atomic E-state index is 0.717. The fourth-order valence-corrected chi connectivity index (χ4v) is 1.72. The molecule has 1 fully saturated rings. The first-order chi connectivity index (χ1) is 7.86. The maximum absolute atomic E-state index is 5.65. The Morgan fingerprint density at radius 2 is 2.38 bits per heavy atom. The molecule has 0 aromatic carbocycles. The van der Waals surface area contributed by atoms with Crippen molar-refractivity contribution in [1.82, 2.24) is 14.6 Å². The number of hydrogen-bond acceptors (Lipinski definition) is 3. The molecule has 2 aromatic rings. The molecule has 0 saturated heterocycles. The highest BCUT2D eigenvalue weighted by Gasteiger charge is 2.22. The molecule has 1 saturated carbocycles. The molecule has 0 radical (unpaired) electrons. The summed E-state index contributed by atoms with van der Waals surface area (Å²) < 4.78 is 7.45. The van der Waals surface area contributed by atoms with Crippen molar-refractivity contribution in [3.63, 3.8) is 0 Å². The average molecular weight is 217 g/mol. The molecule has 0 bridgehead atoms. The molecule has 0 atom stereocenters. The highest BCUT2D eigenvalue weighted by molar-refractivity contribution is 5.47. The van der Waals surface area contributed by atoms with Crippen LogP contribution >= 0.6 is 0 Å². The molecule has 3 rings (SSSR count). The lowest BCUT2D eigenvalue weighted by molar-refractivity contribution is 0.288. The lowest BCUT2D eigenvalue weighted by atomic mass is 10.3. The zero-order valence-electron chi connectivity index (χ0n) is 9.39. The molecule has 0 N–H and O–H groups in total. The molecule has 16 heavy (non-hydrogen) atoms. The quantitative estimate of drug-likeness (QED) is 0.787. The van der Waals surface area contributed by atoms with Gasteiger partial charge in [-0.2, -0.15) is 10.1 Å². The molecule has 2 aromatic heterocycles. The molecule has 0 spiro atoms. The standard InChI is InChI=1S/C12H15N3O/c1-2-10-7-13-15-6-5-11(14-12(10)15)16-8-9-3-4-9/h5-7,9H,2-4,8H2,1H3. The molecular weight excluding hydrogens is 202 g/mol. The predicted octanol–water partition coefficient (Wildman–Crippen LogP) is 2.08. The van der Waals surface area contributed by atoms with Crippen molar-refractivity contribution in [2.75, 3.05) is 6.61 Å². The van der Waals surface area contributed by atoms with Crippen LogP contribution in [0.5, 0.6) is 5.88 Å². The summed E-state index contributed by atoms with van der Waals surface area (Å²) in [5.41, 5.74) is 2.08. The van der Waals surface area contributed by atoms with Gasteiger partial charge in [-0.3, -0.25) is 0 Å². The fourth-order valence-electron chi connectivity index (χ4n) is 1.72. The number of fused-ring (bicyclic) bond motifs is 1. The molecule has 0 unspecified atom stereocenters. The molecule has 4 heteroatoms. The number of aryl methyl sites for hydroxylation is 1. The van der Waals surface area contributed by atoms with E-state index in [1.165, 1.54) is 12.8 Å². The molecule has 2 heterocycles. The average Bonchev–Trinajstić information content (AvgIpc) is 3.05. The van der Waals surface area contributed by atoms with Crippen molar-refractivity contribution in [2.24, 2.45) is 5.92 Å². The van der Waals surface area contributed by atoms with Crippen LogP contribution in [0.15, 0.2) is 18.5 Å². The number of rotatable bonds is 4. The lowest BCUT2D eigenvalue weighted by Gasteiger charge is -2.04. The van der Waals surface area contributed by atoms with Gasteiger partial charge in [0.15, 0.2) is 5.65 Å². The molecular formula is C12H15N3O. The molecule has 84 valence electrons. The van der Waals surface area contributed by atoms with E-state index in [2.05, 4.69) is 17.0 Å². The summed E-state index contributed by atoms with van der Waals surface area (Å²) in [4.78, 5) is 4.48. The van der Waals surface area contributed by atoms with Gasteiger partial charge in [-0.15, -0.1) is 0 Å². The third kappa shape index (κ3) is 1.75. The Morgan fingerprint density at radius 1 is 1.50 bits per heavy atom. The second kappa shape index (κ2) is 3.77. The van der Waals surface area contributed by atoms with Crippen molar-refractivity contribution in [2.45, 2.75) is 26.2 Å². The summed E-state index contributed by atoms with van der Waals surface area (Å²) >= 11 is 0. The summed E-state index contributed by atoms with van der Waals surface area (Å²) in [7, 11) is 0. The van der Waals surface area contributed by atoms with Crippen LogP contribution in [-0.4, -0.2) is 21.2 Å². The molecule has 0 amide bonds. The molecule has 0 aliphatic heterocycles. The number of aromatic nitrogens is 3. The first-order valence-electron chi connectivity index (χ1n) is 5.83. The van der Waals surface area contributed by atoms with Crippen LogP contribution in [0.25, 0.3) is 5.65 Å². The van der Waals surface area contributed by atoms with E-state index in [1.807, 2.05) is 18.5 Å². The lowest BCUT2D eigenvalue weighted by Crippen LogP contribution is -2.02. The van der Waals surface area contributed by atoms with Crippen LogP contribution in [0.3, 0.4) is 0 Å². The zero-order chi connectivity index (χ0) is 11.0. The summed E-state index contributed by atoms with van der Waals surface area (Å²) in [6.07, 6.45) is 7.32. The molecule has 1 aliphatic rings. The van der Waals surface area contributed by atoms with E-state index in [-0.39, 0.29) is 0 Å². The predicted molar refractivity (Wildman–Crippen MR) is 60.6 cm³/mol. The highest BCUT2D eigenvalue weighted by Crippen LogP contribution is 2.29. The Labute approximate surface area is 94.3 Å². The Morgan fingerprint density at radius 3 is 3.12 bits per heavy atom. The van der Waals surface area contributed by atoms with Crippen molar-refractivity contribution >= 4 is 5.65 Å². The second-order valence-electron chi connectivity index (χ2n) is 4.31. The Hall–Kier alpha value is -1.58. The highest BCUT2D eigenvalue weighted by atomic mass is 16.5. The zero-order valence-corrected chi connectivity index (χ0v) is 9.39. The normalized spacial score (nSPS) is 15.6. The molecule has 4 nitrogen and oxygen atoms in total.